The summed E-state index contributed by atoms with van der Waals surface area (Å²) in [7, 11) is 0. The molecule has 3 heteroatoms. The lowest BCUT2D eigenvalue weighted by molar-refractivity contribution is 0.0643. The molecule has 0 heterocycles. The molecule has 1 nitrogen and oxygen atoms in total. The highest BCUT2D eigenvalue weighted by atomic mass is 35.5. The second-order valence-corrected chi connectivity index (χ2v) is 3.78. The van der Waals surface area contributed by atoms with Crippen LogP contribution in [0.4, 0.5) is 4.39 Å². The molecular formula is C10H10ClFO. The number of hydrogen-bond donors (Lipinski definition) is 1. The predicted molar refractivity (Wildman–Crippen MR) is 49.6 cm³/mol. The third-order valence-corrected chi connectivity index (χ3v) is 2.69. The summed E-state index contributed by atoms with van der Waals surface area (Å²) in [6.07, 6.45) is -1.06. The smallest absolute Gasteiger partial charge is 0.130 e. The Labute approximate surface area is 81.1 Å². The van der Waals surface area contributed by atoms with Gasteiger partial charge in [0.2, 0.25) is 0 Å². The van der Waals surface area contributed by atoms with Crippen molar-refractivity contribution >= 4 is 11.6 Å². The topological polar surface area (TPSA) is 20.2 Å². The van der Waals surface area contributed by atoms with Gasteiger partial charge in [-0.2, -0.15) is 0 Å². The largest absolute Gasteiger partial charge is 0.385 e. The van der Waals surface area contributed by atoms with Crippen molar-refractivity contribution in [2.24, 2.45) is 0 Å². The molecule has 0 aromatic heterocycles. The summed E-state index contributed by atoms with van der Waals surface area (Å²) in [6.45, 7) is 0. The SMILES string of the molecule is O[C@@H]1c2ccc(Cl)cc2CC[C@@H]1F. The Balaban J connectivity index is 2.44. The van der Waals surface area contributed by atoms with Crippen LogP contribution in [0.3, 0.4) is 0 Å². The fourth-order valence-corrected chi connectivity index (χ4v) is 1.92. The summed E-state index contributed by atoms with van der Waals surface area (Å²) in [5.41, 5.74) is 1.65. The van der Waals surface area contributed by atoms with Gasteiger partial charge in [0.25, 0.3) is 0 Å². The van der Waals surface area contributed by atoms with Crippen LogP contribution in [-0.2, 0) is 6.42 Å². The first kappa shape index (κ1) is 8.97. The van der Waals surface area contributed by atoms with E-state index in [0.717, 1.165) is 5.56 Å². The van der Waals surface area contributed by atoms with Gasteiger partial charge in [-0.3, -0.25) is 0 Å². The van der Waals surface area contributed by atoms with Crippen LogP contribution in [0.5, 0.6) is 0 Å². The molecule has 0 bridgehead atoms. The van der Waals surface area contributed by atoms with Gasteiger partial charge in [-0.25, -0.2) is 4.39 Å². The molecule has 2 atom stereocenters. The van der Waals surface area contributed by atoms with Gasteiger partial charge < -0.3 is 5.11 Å². The molecule has 13 heavy (non-hydrogen) atoms. The molecule has 2 rings (SSSR count). The molecule has 0 fully saturated rings. The summed E-state index contributed by atoms with van der Waals surface area (Å²) < 4.78 is 13.1. The number of benzene rings is 1. The molecule has 1 aromatic rings. The normalized spacial score (nSPS) is 27.0. The summed E-state index contributed by atoms with van der Waals surface area (Å²) in [4.78, 5) is 0. The van der Waals surface area contributed by atoms with E-state index in [-0.39, 0.29) is 0 Å². The third-order valence-electron chi connectivity index (χ3n) is 2.46. The van der Waals surface area contributed by atoms with Gasteiger partial charge in [-0.05, 0) is 36.1 Å². The number of hydrogen-bond acceptors (Lipinski definition) is 1. The molecule has 1 N–H and O–H groups in total. The van der Waals surface area contributed by atoms with Crippen molar-refractivity contribution < 1.29 is 9.50 Å². The van der Waals surface area contributed by atoms with Crippen LogP contribution in [0.25, 0.3) is 0 Å². The van der Waals surface area contributed by atoms with E-state index >= 15 is 0 Å². The van der Waals surface area contributed by atoms with E-state index in [2.05, 4.69) is 0 Å². The maximum Gasteiger partial charge on any atom is 0.130 e. The zero-order chi connectivity index (χ0) is 9.42. The molecule has 70 valence electrons. The van der Waals surface area contributed by atoms with E-state index in [1.807, 2.05) is 0 Å². The van der Waals surface area contributed by atoms with Gasteiger partial charge in [0.1, 0.15) is 12.3 Å². The van der Waals surface area contributed by atoms with E-state index in [0.29, 0.717) is 23.4 Å². The minimum absolute atomic E-state index is 0.383. The van der Waals surface area contributed by atoms with Crippen LogP contribution in [0.2, 0.25) is 5.02 Å². The lowest BCUT2D eigenvalue weighted by Gasteiger charge is -2.24. The number of aryl methyl sites for hydroxylation is 1. The number of aliphatic hydroxyl groups is 1. The Bertz CT molecular complexity index is 327. The molecule has 1 aliphatic rings. The van der Waals surface area contributed by atoms with Crippen molar-refractivity contribution in [1.29, 1.82) is 0 Å². The summed E-state index contributed by atoms with van der Waals surface area (Å²) in [5, 5.41) is 10.1. The first-order valence-electron chi connectivity index (χ1n) is 4.29. The highest BCUT2D eigenvalue weighted by molar-refractivity contribution is 6.30. The average Bonchev–Trinajstić information content (AvgIpc) is 2.12. The Morgan fingerprint density at radius 1 is 1.46 bits per heavy atom. The van der Waals surface area contributed by atoms with Gasteiger partial charge in [-0.15, -0.1) is 0 Å². The average molecular weight is 201 g/mol. The predicted octanol–water partition coefficient (Wildman–Crippen LogP) is 2.66. The number of fused-ring (bicyclic) bond motifs is 1. The Morgan fingerprint density at radius 2 is 2.23 bits per heavy atom. The first-order chi connectivity index (χ1) is 6.18. The maximum atomic E-state index is 13.1. The molecule has 1 aromatic carbocycles. The van der Waals surface area contributed by atoms with Gasteiger partial charge >= 0.3 is 0 Å². The van der Waals surface area contributed by atoms with Gasteiger partial charge in [0.05, 0.1) is 0 Å². The van der Waals surface area contributed by atoms with Crippen molar-refractivity contribution in [3.8, 4) is 0 Å². The minimum Gasteiger partial charge on any atom is -0.385 e. The number of rotatable bonds is 0. The highest BCUT2D eigenvalue weighted by Crippen LogP contribution is 2.33. The molecule has 0 aliphatic heterocycles. The van der Waals surface area contributed by atoms with Crippen LogP contribution in [0, 0.1) is 0 Å². The molecule has 0 radical (unpaired) electrons. The molecule has 0 saturated heterocycles. The van der Waals surface area contributed by atoms with Gasteiger partial charge in [0, 0.05) is 5.02 Å². The van der Waals surface area contributed by atoms with E-state index < -0.39 is 12.3 Å². The fourth-order valence-electron chi connectivity index (χ4n) is 1.73. The second kappa shape index (κ2) is 3.28. The zero-order valence-corrected chi connectivity index (χ0v) is 7.76. The number of alkyl halides is 1. The highest BCUT2D eigenvalue weighted by Gasteiger charge is 2.27. The van der Waals surface area contributed by atoms with E-state index in [1.165, 1.54) is 0 Å². The van der Waals surface area contributed by atoms with Crippen molar-refractivity contribution in [3.63, 3.8) is 0 Å². The molecular weight excluding hydrogens is 191 g/mol. The van der Waals surface area contributed by atoms with Gasteiger partial charge in [0.15, 0.2) is 0 Å². The number of halogens is 2. The quantitative estimate of drug-likeness (QED) is 0.683. The van der Waals surface area contributed by atoms with Crippen LogP contribution >= 0.6 is 11.6 Å². The molecule has 1 aliphatic carbocycles. The van der Waals surface area contributed by atoms with Crippen LogP contribution in [-0.4, -0.2) is 11.3 Å². The van der Waals surface area contributed by atoms with Crippen LogP contribution < -0.4 is 0 Å². The lowest BCUT2D eigenvalue weighted by atomic mass is 9.88. The van der Waals surface area contributed by atoms with Crippen molar-refractivity contribution in [2.45, 2.75) is 25.1 Å². The van der Waals surface area contributed by atoms with Crippen molar-refractivity contribution in [2.75, 3.05) is 0 Å². The van der Waals surface area contributed by atoms with E-state index in [9.17, 15) is 9.50 Å². The van der Waals surface area contributed by atoms with Crippen molar-refractivity contribution in [1.82, 2.24) is 0 Å². The standard InChI is InChI=1S/C10H10ClFO/c11-7-2-3-8-6(5-7)1-4-9(12)10(8)13/h2-3,5,9-10,13H,1,4H2/t9-,10+/m0/s1. The summed E-state index contributed by atoms with van der Waals surface area (Å²) in [6, 6.07) is 5.18. The van der Waals surface area contributed by atoms with Crippen LogP contribution in [0.1, 0.15) is 23.7 Å². The van der Waals surface area contributed by atoms with E-state index in [1.54, 1.807) is 18.2 Å². The fraction of sp³-hybridized carbons (Fsp3) is 0.400. The van der Waals surface area contributed by atoms with Crippen LogP contribution in [0.15, 0.2) is 18.2 Å². The van der Waals surface area contributed by atoms with Gasteiger partial charge in [-0.1, -0.05) is 17.7 Å². The summed E-state index contributed by atoms with van der Waals surface area (Å²) >= 11 is 5.79. The Morgan fingerprint density at radius 3 is 3.00 bits per heavy atom. The minimum atomic E-state index is -1.13. The maximum absolute atomic E-state index is 13.1. The molecule has 0 spiro atoms. The second-order valence-electron chi connectivity index (χ2n) is 3.34. The lowest BCUT2D eigenvalue weighted by Crippen LogP contribution is -2.21. The number of aliphatic hydroxyl groups excluding tert-OH is 1. The molecule has 0 amide bonds. The van der Waals surface area contributed by atoms with E-state index in [4.69, 9.17) is 11.6 Å². The molecule has 0 unspecified atom stereocenters. The third kappa shape index (κ3) is 1.56. The monoisotopic (exact) mass is 200 g/mol. The first-order valence-corrected chi connectivity index (χ1v) is 4.67. The molecule has 0 saturated carbocycles. The Kier molecular flexibility index (Phi) is 2.26. The summed E-state index contributed by atoms with van der Waals surface area (Å²) in [5.74, 6) is 0. The zero-order valence-electron chi connectivity index (χ0n) is 7.00. The Hall–Kier alpha value is -0.600. The van der Waals surface area contributed by atoms with Crippen molar-refractivity contribution in [3.05, 3.63) is 34.3 Å².